The SMILES string of the molecule is CN(C(=O)c1cccnc1NN)c1cccc(C#N)c1. The van der Waals surface area contributed by atoms with Gasteiger partial charge in [0.2, 0.25) is 0 Å². The second-order valence-electron chi connectivity index (χ2n) is 4.07. The second kappa shape index (κ2) is 5.82. The number of hydrogen-bond donors (Lipinski definition) is 2. The summed E-state index contributed by atoms with van der Waals surface area (Å²) < 4.78 is 0. The van der Waals surface area contributed by atoms with Crippen molar-refractivity contribution in [1.29, 1.82) is 5.26 Å². The van der Waals surface area contributed by atoms with Gasteiger partial charge in [-0.15, -0.1) is 0 Å². The highest BCUT2D eigenvalue weighted by Crippen LogP contribution is 2.19. The fraction of sp³-hybridized carbons (Fsp3) is 0.0714. The van der Waals surface area contributed by atoms with Gasteiger partial charge in [0, 0.05) is 18.9 Å². The Morgan fingerprint density at radius 3 is 2.90 bits per heavy atom. The molecule has 3 N–H and O–H groups in total. The summed E-state index contributed by atoms with van der Waals surface area (Å²) in [5, 5.41) is 8.89. The predicted molar refractivity (Wildman–Crippen MR) is 75.9 cm³/mol. The lowest BCUT2D eigenvalue weighted by Gasteiger charge is -2.18. The van der Waals surface area contributed by atoms with Crippen LogP contribution in [0, 0.1) is 11.3 Å². The summed E-state index contributed by atoms with van der Waals surface area (Å²) in [5.74, 6) is 5.39. The summed E-state index contributed by atoms with van der Waals surface area (Å²) in [5.41, 5.74) is 3.87. The maximum absolute atomic E-state index is 12.4. The maximum atomic E-state index is 12.4. The van der Waals surface area contributed by atoms with Crippen molar-refractivity contribution < 1.29 is 4.79 Å². The smallest absolute Gasteiger partial charge is 0.261 e. The van der Waals surface area contributed by atoms with Crippen molar-refractivity contribution in [2.24, 2.45) is 5.84 Å². The number of nitrogens with one attached hydrogen (secondary N) is 1. The molecule has 0 saturated carbocycles. The molecule has 2 rings (SSSR count). The monoisotopic (exact) mass is 267 g/mol. The number of benzene rings is 1. The minimum absolute atomic E-state index is 0.263. The number of nitrogen functional groups attached to an aromatic ring is 1. The third-order valence-corrected chi connectivity index (χ3v) is 2.84. The molecule has 100 valence electrons. The number of hydrogen-bond acceptors (Lipinski definition) is 5. The normalized spacial score (nSPS) is 9.65. The number of hydrazine groups is 1. The van der Waals surface area contributed by atoms with E-state index in [0.717, 1.165) is 0 Å². The van der Waals surface area contributed by atoms with Gasteiger partial charge in [0.25, 0.3) is 5.91 Å². The van der Waals surface area contributed by atoms with Crippen molar-refractivity contribution >= 4 is 17.4 Å². The Hall–Kier alpha value is -2.91. The molecular formula is C14H13N5O. The largest absolute Gasteiger partial charge is 0.311 e. The van der Waals surface area contributed by atoms with Gasteiger partial charge in [0.1, 0.15) is 0 Å². The Morgan fingerprint density at radius 1 is 1.40 bits per heavy atom. The van der Waals surface area contributed by atoms with Crippen LogP contribution in [-0.2, 0) is 0 Å². The number of amides is 1. The summed E-state index contributed by atoms with van der Waals surface area (Å²) in [4.78, 5) is 17.9. The molecule has 1 aromatic carbocycles. The highest BCUT2D eigenvalue weighted by atomic mass is 16.2. The molecule has 20 heavy (non-hydrogen) atoms. The summed E-state index contributed by atoms with van der Waals surface area (Å²) in [7, 11) is 1.63. The van der Waals surface area contributed by atoms with Crippen LogP contribution in [0.1, 0.15) is 15.9 Å². The molecule has 0 atom stereocenters. The van der Waals surface area contributed by atoms with Crippen LogP contribution in [0.3, 0.4) is 0 Å². The topological polar surface area (TPSA) is 95.0 Å². The summed E-state index contributed by atoms with van der Waals surface area (Å²) in [6.07, 6.45) is 1.54. The first-order valence-electron chi connectivity index (χ1n) is 5.87. The molecule has 1 aromatic heterocycles. The number of carbonyl (C=O) groups excluding carboxylic acids is 1. The Morgan fingerprint density at radius 2 is 2.20 bits per heavy atom. The van der Waals surface area contributed by atoms with Gasteiger partial charge in [0.05, 0.1) is 17.2 Å². The van der Waals surface area contributed by atoms with Crippen molar-refractivity contribution in [3.63, 3.8) is 0 Å². The maximum Gasteiger partial charge on any atom is 0.261 e. The van der Waals surface area contributed by atoms with Gasteiger partial charge in [-0.25, -0.2) is 10.8 Å². The lowest BCUT2D eigenvalue weighted by molar-refractivity contribution is 0.0993. The van der Waals surface area contributed by atoms with Crippen LogP contribution in [-0.4, -0.2) is 17.9 Å². The molecule has 0 aliphatic rings. The van der Waals surface area contributed by atoms with E-state index in [-0.39, 0.29) is 5.91 Å². The number of nitriles is 1. The fourth-order valence-corrected chi connectivity index (χ4v) is 1.77. The van der Waals surface area contributed by atoms with E-state index in [2.05, 4.69) is 10.4 Å². The molecule has 1 heterocycles. The fourth-order valence-electron chi connectivity index (χ4n) is 1.77. The van der Waals surface area contributed by atoms with E-state index in [0.29, 0.717) is 22.6 Å². The molecule has 0 unspecified atom stereocenters. The van der Waals surface area contributed by atoms with Gasteiger partial charge in [0.15, 0.2) is 5.82 Å². The van der Waals surface area contributed by atoms with Crippen LogP contribution in [0.15, 0.2) is 42.6 Å². The van der Waals surface area contributed by atoms with Crippen molar-refractivity contribution in [1.82, 2.24) is 4.98 Å². The molecule has 0 aliphatic carbocycles. The number of anilines is 2. The van der Waals surface area contributed by atoms with Gasteiger partial charge in [-0.3, -0.25) is 4.79 Å². The lowest BCUT2D eigenvalue weighted by Crippen LogP contribution is -2.28. The lowest BCUT2D eigenvalue weighted by atomic mass is 10.1. The molecule has 2 aromatic rings. The predicted octanol–water partition coefficient (Wildman–Crippen LogP) is 1.52. The van der Waals surface area contributed by atoms with Crippen molar-refractivity contribution in [3.8, 4) is 6.07 Å². The van der Waals surface area contributed by atoms with Gasteiger partial charge in [-0.05, 0) is 30.3 Å². The Balaban J connectivity index is 2.35. The first kappa shape index (κ1) is 13.5. The zero-order chi connectivity index (χ0) is 14.5. The zero-order valence-corrected chi connectivity index (χ0v) is 10.9. The first-order valence-corrected chi connectivity index (χ1v) is 5.87. The van der Waals surface area contributed by atoms with E-state index < -0.39 is 0 Å². The van der Waals surface area contributed by atoms with Crippen LogP contribution in [0.25, 0.3) is 0 Å². The molecule has 0 aliphatic heterocycles. The van der Waals surface area contributed by atoms with Crippen LogP contribution in [0.2, 0.25) is 0 Å². The summed E-state index contributed by atoms with van der Waals surface area (Å²) >= 11 is 0. The van der Waals surface area contributed by atoms with E-state index >= 15 is 0 Å². The standard InChI is InChI=1S/C14H13N5O/c1-19(11-5-2-4-10(8-11)9-15)14(20)12-6-3-7-17-13(12)18-16/h2-8H,16H2,1H3,(H,17,18). The molecule has 6 heteroatoms. The highest BCUT2D eigenvalue weighted by molar-refractivity contribution is 6.08. The molecule has 0 bridgehead atoms. The molecular weight excluding hydrogens is 254 g/mol. The van der Waals surface area contributed by atoms with Crippen LogP contribution >= 0.6 is 0 Å². The second-order valence-corrected chi connectivity index (χ2v) is 4.07. The van der Waals surface area contributed by atoms with Gasteiger partial charge in [-0.2, -0.15) is 5.26 Å². The first-order chi connectivity index (χ1) is 9.67. The van der Waals surface area contributed by atoms with E-state index in [1.165, 1.54) is 4.90 Å². The van der Waals surface area contributed by atoms with Crippen molar-refractivity contribution in [2.45, 2.75) is 0 Å². The van der Waals surface area contributed by atoms with Crippen molar-refractivity contribution in [3.05, 3.63) is 53.7 Å². The Kier molecular flexibility index (Phi) is 3.93. The van der Waals surface area contributed by atoms with E-state index in [1.54, 1.807) is 49.6 Å². The van der Waals surface area contributed by atoms with Crippen LogP contribution in [0.4, 0.5) is 11.5 Å². The molecule has 0 fully saturated rings. The number of aromatic nitrogens is 1. The molecule has 0 saturated heterocycles. The quantitative estimate of drug-likeness (QED) is 0.649. The third-order valence-electron chi connectivity index (χ3n) is 2.84. The Bertz CT molecular complexity index is 677. The molecule has 1 amide bonds. The minimum Gasteiger partial charge on any atom is -0.311 e. The zero-order valence-electron chi connectivity index (χ0n) is 10.9. The van der Waals surface area contributed by atoms with E-state index in [1.807, 2.05) is 6.07 Å². The Labute approximate surface area is 116 Å². The minimum atomic E-state index is -0.263. The average molecular weight is 267 g/mol. The van der Waals surface area contributed by atoms with Gasteiger partial charge in [-0.1, -0.05) is 6.07 Å². The van der Waals surface area contributed by atoms with E-state index in [9.17, 15) is 4.79 Å². The number of nitrogens with two attached hydrogens (primary N) is 1. The van der Waals surface area contributed by atoms with Gasteiger partial charge < -0.3 is 10.3 Å². The number of carbonyl (C=O) groups is 1. The van der Waals surface area contributed by atoms with Gasteiger partial charge >= 0.3 is 0 Å². The summed E-state index contributed by atoms with van der Waals surface area (Å²) in [6.45, 7) is 0. The molecule has 0 radical (unpaired) electrons. The molecule has 0 spiro atoms. The van der Waals surface area contributed by atoms with Crippen LogP contribution < -0.4 is 16.2 Å². The average Bonchev–Trinajstić information content (AvgIpc) is 2.53. The number of rotatable bonds is 3. The number of nitrogens with zero attached hydrogens (tertiary/aromatic N) is 3. The highest BCUT2D eigenvalue weighted by Gasteiger charge is 2.17. The van der Waals surface area contributed by atoms with E-state index in [4.69, 9.17) is 11.1 Å². The number of pyridine rings is 1. The molecule has 6 nitrogen and oxygen atoms in total. The third kappa shape index (κ3) is 2.58. The van der Waals surface area contributed by atoms with Crippen LogP contribution in [0.5, 0.6) is 0 Å². The van der Waals surface area contributed by atoms with Crippen molar-refractivity contribution in [2.75, 3.05) is 17.4 Å². The summed E-state index contributed by atoms with van der Waals surface area (Å²) in [6, 6.07) is 12.1.